The summed E-state index contributed by atoms with van der Waals surface area (Å²) in [7, 11) is 0. The largest absolute Gasteiger partial charge is 0.472 e. The minimum absolute atomic E-state index is 0.199. The van der Waals surface area contributed by atoms with Crippen LogP contribution in [0.5, 0.6) is 0 Å². The predicted octanol–water partition coefficient (Wildman–Crippen LogP) is 4.40. The zero-order valence-corrected chi connectivity index (χ0v) is 14.1. The highest BCUT2D eigenvalue weighted by atomic mass is 127. The van der Waals surface area contributed by atoms with Gasteiger partial charge in [-0.25, -0.2) is 0 Å². The Kier molecular flexibility index (Phi) is 5.37. The Bertz CT molecular complexity index is 649. The molecule has 0 spiro atoms. The number of nitrogens with zero attached hydrogens (tertiary/aromatic N) is 1. The molecule has 2 aromatic rings. The Balaban J connectivity index is 1.55. The Morgan fingerprint density at radius 2 is 1.36 bits per heavy atom. The van der Waals surface area contributed by atoms with Crippen molar-refractivity contribution in [3.8, 4) is 0 Å². The predicted molar refractivity (Wildman–Crippen MR) is 98.1 cm³/mol. The van der Waals surface area contributed by atoms with Crippen molar-refractivity contribution in [2.75, 3.05) is 0 Å². The fraction of sp³-hybridized carbons (Fsp3) is 0.111. The first kappa shape index (κ1) is 15.0. The molecule has 0 radical (unpaired) electrons. The van der Waals surface area contributed by atoms with Crippen LogP contribution in [0.2, 0.25) is 0 Å². The molecule has 0 bridgehead atoms. The number of aliphatic imine (C=N–C) groups is 1. The lowest BCUT2D eigenvalue weighted by atomic mass is 10.2. The fourth-order valence-corrected chi connectivity index (χ4v) is 3.32. The molecule has 1 heterocycles. The number of hydrogen-bond acceptors (Lipinski definition) is 3. The first-order valence-corrected chi connectivity index (χ1v) is 9.47. The van der Waals surface area contributed by atoms with Crippen LogP contribution in [0.3, 0.4) is 0 Å². The van der Waals surface area contributed by atoms with Crippen LogP contribution in [0, 0.1) is 0 Å². The van der Waals surface area contributed by atoms with Gasteiger partial charge in [-0.05, 0) is 11.1 Å². The smallest absolute Gasteiger partial charge is 0.222 e. The minimum atomic E-state index is -0.199. The lowest BCUT2D eigenvalue weighted by Gasteiger charge is -2.11. The van der Waals surface area contributed by atoms with Crippen LogP contribution in [-0.4, -0.2) is 9.91 Å². The second-order valence-corrected chi connectivity index (χ2v) is 6.65. The monoisotopic (exact) mass is 405 g/mol. The fourth-order valence-electron chi connectivity index (χ4n) is 1.89. The van der Waals surface area contributed by atoms with Gasteiger partial charge in [0.1, 0.15) is 13.2 Å². The zero-order chi connectivity index (χ0) is 15.0. The van der Waals surface area contributed by atoms with Gasteiger partial charge >= 0.3 is 0 Å². The Hall–Kier alpha value is -1.95. The lowest BCUT2D eigenvalue weighted by molar-refractivity contribution is 0.195. The molecule has 3 nitrogen and oxygen atoms in total. The normalized spacial score (nSPS) is 13.6. The molecule has 0 fully saturated rings. The van der Waals surface area contributed by atoms with Gasteiger partial charge in [0.2, 0.25) is 11.8 Å². The average Bonchev–Trinajstić information content (AvgIpc) is 2.60. The van der Waals surface area contributed by atoms with E-state index in [0.29, 0.717) is 25.0 Å². The minimum Gasteiger partial charge on any atom is -0.472 e. The van der Waals surface area contributed by atoms with Crippen LogP contribution in [0.1, 0.15) is 11.1 Å². The quantitative estimate of drug-likeness (QED) is 0.691. The van der Waals surface area contributed by atoms with Crippen molar-refractivity contribution in [1.82, 2.24) is 0 Å². The Morgan fingerprint density at radius 1 is 0.773 bits per heavy atom. The van der Waals surface area contributed by atoms with Gasteiger partial charge in [0.15, 0.2) is 0 Å². The summed E-state index contributed by atoms with van der Waals surface area (Å²) in [5.74, 6) is 1.34. The van der Waals surface area contributed by atoms with Gasteiger partial charge in [-0.15, -0.1) is 0 Å². The maximum atomic E-state index is 5.75. The van der Waals surface area contributed by atoms with Gasteiger partial charge in [-0.2, -0.15) is 4.99 Å². The molecule has 22 heavy (non-hydrogen) atoms. The Morgan fingerprint density at radius 3 is 2.00 bits per heavy atom. The average molecular weight is 405 g/mol. The van der Waals surface area contributed by atoms with Crippen LogP contribution in [0.15, 0.2) is 75.6 Å². The molecule has 0 unspecified atom stereocenters. The van der Waals surface area contributed by atoms with E-state index in [1.807, 2.05) is 60.7 Å². The molecular weight excluding hydrogens is 389 g/mol. The third-order valence-corrected chi connectivity index (χ3v) is 4.78. The second kappa shape index (κ2) is 7.89. The molecule has 2 aromatic carbocycles. The number of halogens is 1. The lowest BCUT2D eigenvalue weighted by Crippen LogP contribution is -2.08. The number of ether oxygens (including phenoxy) is 2. The number of rotatable bonds is 5. The highest BCUT2D eigenvalue weighted by molar-refractivity contribution is 14.2. The summed E-state index contributed by atoms with van der Waals surface area (Å²) < 4.78 is 15.6. The molecule has 112 valence electrons. The van der Waals surface area contributed by atoms with E-state index in [9.17, 15) is 0 Å². The van der Waals surface area contributed by atoms with Crippen LogP contribution >= 0.6 is 20.7 Å². The molecule has 1 aliphatic heterocycles. The van der Waals surface area contributed by atoms with E-state index >= 15 is 0 Å². The van der Waals surface area contributed by atoms with Gasteiger partial charge in [-0.1, -0.05) is 81.4 Å². The summed E-state index contributed by atoms with van der Waals surface area (Å²) >= 11 is -0.199. The zero-order valence-electron chi connectivity index (χ0n) is 12.0. The van der Waals surface area contributed by atoms with Crippen molar-refractivity contribution in [3.05, 3.63) is 81.8 Å². The molecule has 0 aliphatic carbocycles. The van der Waals surface area contributed by atoms with Crippen LogP contribution < -0.4 is 0 Å². The van der Waals surface area contributed by atoms with Gasteiger partial charge in [0.05, 0.1) is 0 Å². The van der Waals surface area contributed by atoms with Crippen molar-refractivity contribution in [3.63, 3.8) is 0 Å². The summed E-state index contributed by atoms with van der Waals surface area (Å²) in [6.07, 6.45) is 0. The van der Waals surface area contributed by atoms with E-state index in [2.05, 4.69) is 13.1 Å². The van der Waals surface area contributed by atoms with Gasteiger partial charge in [0.25, 0.3) is 0 Å². The Labute approximate surface area is 140 Å². The molecule has 0 amide bonds. The molecule has 3 rings (SSSR count). The number of hydrogen-bond donors (Lipinski definition) is 0. The van der Waals surface area contributed by atoms with Crippen molar-refractivity contribution in [1.29, 1.82) is 0 Å². The maximum absolute atomic E-state index is 5.75. The maximum Gasteiger partial charge on any atom is 0.222 e. The molecule has 0 saturated carbocycles. The number of benzene rings is 2. The molecule has 0 N–H and O–H groups in total. The third kappa shape index (κ3) is 4.53. The van der Waals surface area contributed by atoms with Crippen LogP contribution in [0.25, 0.3) is 0 Å². The molecular formula is C18H16INO2. The van der Waals surface area contributed by atoms with Crippen LogP contribution in [-0.2, 0) is 22.7 Å². The molecule has 1 aliphatic rings. The highest BCUT2D eigenvalue weighted by Crippen LogP contribution is 2.16. The summed E-state index contributed by atoms with van der Waals surface area (Å²) in [6, 6.07) is 20.2. The highest BCUT2D eigenvalue weighted by Gasteiger charge is 2.06. The summed E-state index contributed by atoms with van der Waals surface area (Å²) in [6.45, 7) is 1.07. The van der Waals surface area contributed by atoms with Crippen molar-refractivity contribution in [2.45, 2.75) is 13.2 Å². The molecule has 0 saturated heterocycles. The molecule has 0 atom stereocenters. The molecule has 0 aromatic heterocycles. The van der Waals surface area contributed by atoms with E-state index in [0.717, 1.165) is 11.1 Å². The van der Waals surface area contributed by atoms with Crippen molar-refractivity contribution in [2.24, 2.45) is 4.99 Å². The first-order chi connectivity index (χ1) is 10.9. The summed E-state index contributed by atoms with van der Waals surface area (Å²) in [5, 5.41) is 0. The van der Waals surface area contributed by atoms with E-state index in [1.54, 1.807) is 0 Å². The van der Waals surface area contributed by atoms with E-state index in [4.69, 9.17) is 9.47 Å². The third-order valence-electron chi connectivity index (χ3n) is 2.99. The van der Waals surface area contributed by atoms with Crippen molar-refractivity contribution >= 4 is 30.6 Å². The van der Waals surface area contributed by atoms with Gasteiger partial charge < -0.3 is 9.47 Å². The second-order valence-electron chi connectivity index (χ2n) is 4.68. The van der Waals surface area contributed by atoms with E-state index in [1.165, 1.54) is 0 Å². The van der Waals surface area contributed by atoms with Gasteiger partial charge in [0, 0.05) is 8.09 Å². The van der Waals surface area contributed by atoms with Gasteiger partial charge in [-0.3, -0.25) is 0 Å². The van der Waals surface area contributed by atoms with E-state index < -0.39 is 0 Å². The summed E-state index contributed by atoms with van der Waals surface area (Å²) in [4.78, 5) is 4.42. The van der Waals surface area contributed by atoms with Crippen LogP contribution in [0.4, 0.5) is 0 Å². The van der Waals surface area contributed by atoms with Crippen molar-refractivity contribution < 1.29 is 9.47 Å². The topological polar surface area (TPSA) is 30.8 Å². The molecule has 4 heteroatoms. The SMILES string of the molecule is C1=IC=C(OCc2ccccc2)N=C1OCc1ccccc1. The summed E-state index contributed by atoms with van der Waals surface area (Å²) in [5.41, 5.74) is 2.27. The first-order valence-electron chi connectivity index (χ1n) is 6.98. The van der Waals surface area contributed by atoms with E-state index in [-0.39, 0.29) is 20.7 Å². The standard InChI is InChI=1S/C18H16INO2/c1-3-7-15(8-4-1)13-21-17-11-19-12-18(20-17)22-14-16-9-5-2-6-10-16/h1-12H,13-14H2.